The van der Waals surface area contributed by atoms with E-state index >= 15 is 0 Å². The highest BCUT2D eigenvalue weighted by Gasteiger charge is 2.17. The van der Waals surface area contributed by atoms with Gasteiger partial charge in [0, 0.05) is 6.04 Å². The van der Waals surface area contributed by atoms with Crippen molar-refractivity contribution in [1.82, 2.24) is 0 Å². The summed E-state index contributed by atoms with van der Waals surface area (Å²) in [5.74, 6) is 0.636. The topological polar surface area (TPSA) is 26.0 Å². The lowest BCUT2D eigenvalue weighted by Crippen LogP contribution is -2.21. The third kappa shape index (κ3) is 4.16. The van der Waals surface area contributed by atoms with Crippen LogP contribution in [0.2, 0.25) is 0 Å². The maximum Gasteiger partial charge on any atom is 0.0323 e. The maximum atomic E-state index is 6.43. The number of hydrogen-bond acceptors (Lipinski definition) is 1. The largest absolute Gasteiger partial charge is 0.324 e. The molecule has 1 heteroatoms. The molecule has 0 aromatic heterocycles. The lowest BCUT2D eigenvalue weighted by molar-refractivity contribution is 0.368. The van der Waals surface area contributed by atoms with Crippen LogP contribution in [0.4, 0.5) is 0 Å². The summed E-state index contributed by atoms with van der Waals surface area (Å²) in [6.07, 6.45) is 6.03. The predicted molar refractivity (Wildman–Crippen MR) is 76.1 cm³/mol. The average molecular weight is 233 g/mol. The van der Waals surface area contributed by atoms with Crippen molar-refractivity contribution in [3.8, 4) is 0 Å². The number of hydrogen-bond donors (Lipinski definition) is 1. The molecule has 0 aliphatic heterocycles. The van der Waals surface area contributed by atoms with E-state index in [1.165, 1.54) is 36.8 Å². The molecule has 1 aromatic rings. The summed E-state index contributed by atoms with van der Waals surface area (Å²) < 4.78 is 0. The minimum atomic E-state index is 0.210. The van der Waals surface area contributed by atoms with Crippen molar-refractivity contribution in [2.45, 2.75) is 58.9 Å². The van der Waals surface area contributed by atoms with Crippen molar-refractivity contribution in [1.29, 1.82) is 0 Å². The maximum absolute atomic E-state index is 6.43. The highest BCUT2D eigenvalue weighted by molar-refractivity contribution is 5.26. The van der Waals surface area contributed by atoms with Gasteiger partial charge in [-0.1, -0.05) is 57.9 Å². The molecule has 0 bridgehead atoms. The second-order valence-electron chi connectivity index (χ2n) is 4.96. The van der Waals surface area contributed by atoms with E-state index in [1.54, 1.807) is 0 Å². The fourth-order valence-corrected chi connectivity index (χ4v) is 2.54. The van der Waals surface area contributed by atoms with Gasteiger partial charge in [0.15, 0.2) is 0 Å². The van der Waals surface area contributed by atoms with Crippen LogP contribution in [0, 0.1) is 5.92 Å². The van der Waals surface area contributed by atoms with Crippen molar-refractivity contribution in [2.24, 2.45) is 11.7 Å². The molecule has 0 radical (unpaired) electrons. The van der Waals surface area contributed by atoms with Crippen LogP contribution in [0.25, 0.3) is 0 Å². The van der Waals surface area contributed by atoms with Crippen LogP contribution in [-0.2, 0) is 6.42 Å². The summed E-state index contributed by atoms with van der Waals surface area (Å²) in [4.78, 5) is 0. The zero-order valence-corrected chi connectivity index (χ0v) is 11.6. The Balaban J connectivity index is 2.79. The molecule has 2 N–H and O–H groups in total. The molecule has 1 aromatic carbocycles. The Hall–Kier alpha value is -0.820. The van der Waals surface area contributed by atoms with Crippen LogP contribution < -0.4 is 5.73 Å². The van der Waals surface area contributed by atoms with E-state index in [9.17, 15) is 0 Å². The van der Waals surface area contributed by atoms with Gasteiger partial charge in [0.2, 0.25) is 0 Å². The Morgan fingerprint density at radius 2 is 1.71 bits per heavy atom. The zero-order valence-electron chi connectivity index (χ0n) is 11.6. The highest BCUT2D eigenvalue weighted by Crippen LogP contribution is 2.28. The fourth-order valence-electron chi connectivity index (χ4n) is 2.54. The first-order chi connectivity index (χ1) is 8.22. The summed E-state index contributed by atoms with van der Waals surface area (Å²) in [5, 5.41) is 0. The van der Waals surface area contributed by atoms with Gasteiger partial charge < -0.3 is 5.73 Å². The quantitative estimate of drug-likeness (QED) is 0.739. The molecule has 1 nitrogen and oxygen atoms in total. The zero-order chi connectivity index (χ0) is 12.7. The third-order valence-corrected chi connectivity index (χ3v) is 3.57. The number of benzene rings is 1. The Morgan fingerprint density at radius 1 is 1.06 bits per heavy atom. The summed E-state index contributed by atoms with van der Waals surface area (Å²) in [5.41, 5.74) is 9.14. The minimum Gasteiger partial charge on any atom is -0.324 e. The fraction of sp³-hybridized carbons (Fsp3) is 0.625. The van der Waals surface area contributed by atoms with E-state index in [1.807, 2.05) is 0 Å². The van der Waals surface area contributed by atoms with Gasteiger partial charge in [-0.25, -0.2) is 0 Å². The first-order valence-corrected chi connectivity index (χ1v) is 7.07. The summed E-state index contributed by atoms with van der Waals surface area (Å²) in [6, 6.07) is 9.00. The van der Waals surface area contributed by atoms with Crippen LogP contribution in [0.5, 0.6) is 0 Å². The Kier molecular flexibility index (Phi) is 6.28. The van der Waals surface area contributed by atoms with Crippen LogP contribution >= 0.6 is 0 Å². The molecule has 1 rings (SSSR count). The van der Waals surface area contributed by atoms with Crippen molar-refractivity contribution >= 4 is 0 Å². The molecule has 1 atom stereocenters. The molecule has 0 fully saturated rings. The lowest BCUT2D eigenvalue weighted by Gasteiger charge is -2.24. The molecule has 0 saturated carbocycles. The van der Waals surface area contributed by atoms with E-state index in [0.717, 1.165) is 6.42 Å². The van der Waals surface area contributed by atoms with E-state index in [4.69, 9.17) is 5.73 Å². The lowest BCUT2D eigenvalue weighted by atomic mass is 9.86. The number of rotatable bonds is 7. The van der Waals surface area contributed by atoms with Crippen molar-refractivity contribution < 1.29 is 0 Å². The molecular formula is C16H27N. The van der Waals surface area contributed by atoms with Gasteiger partial charge in [-0.05, 0) is 36.3 Å². The SMILES string of the molecule is CCCC(CCC)C(N)c1cccc(CC)c1. The van der Waals surface area contributed by atoms with Crippen molar-refractivity contribution in [3.05, 3.63) is 35.4 Å². The van der Waals surface area contributed by atoms with Gasteiger partial charge >= 0.3 is 0 Å². The summed E-state index contributed by atoms with van der Waals surface area (Å²) >= 11 is 0. The molecule has 1 unspecified atom stereocenters. The first kappa shape index (κ1) is 14.2. The first-order valence-electron chi connectivity index (χ1n) is 7.07. The Labute approximate surface area is 106 Å². The molecular weight excluding hydrogens is 206 g/mol. The van der Waals surface area contributed by atoms with Gasteiger partial charge in [0.05, 0.1) is 0 Å². The van der Waals surface area contributed by atoms with E-state index in [0.29, 0.717) is 5.92 Å². The Bertz CT molecular complexity index is 313. The molecule has 0 aliphatic rings. The van der Waals surface area contributed by atoms with Gasteiger partial charge in [0.1, 0.15) is 0 Å². The number of nitrogens with two attached hydrogens (primary N) is 1. The van der Waals surface area contributed by atoms with Crippen LogP contribution in [0.15, 0.2) is 24.3 Å². The van der Waals surface area contributed by atoms with Gasteiger partial charge in [-0.15, -0.1) is 0 Å². The number of aryl methyl sites for hydroxylation is 1. The molecule has 17 heavy (non-hydrogen) atoms. The second-order valence-corrected chi connectivity index (χ2v) is 4.96. The summed E-state index contributed by atoms with van der Waals surface area (Å²) in [7, 11) is 0. The van der Waals surface area contributed by atoms with Gasteiger partial charge in [0.25, 0.3) is 0 Å². The summed E-state index contributed by atoms with van der Waals surface area (Å²) in [6.45, 7) is 6.69. The molecule has 96 valence electrons. The van der Waals surface area contributed by atoms with Crippen molar-refractivity contribution in [3.63, 3.8) is 0 Å². The minimum absolute atomic E-state index is 0.210. The van der Waals surface area contributed by atoms with Crippen LogP contribution in [-0.4, -0.2) is 0 Å². The molecule has 0 spiro atoms. The molecule has 0 heterocycles. The van der Waals surface area contributed by atoms with Crippen LogP contribution in [0.3, 0.4) is 0 Å². The second kappa shape index (κ2) is 7.50. The van der Waals surface area contributed by atoms with Crippen molar-refractivity contribution in [2.75, 3.05) is 0 Å². The standard InChI is InChI=1S/C16H27N/c1-4-8-14(9-5-2)16(17)15-11-7-10-13(6-3)12-15/h7,10-12,14,16H,4-6,8-9,17H2,1-3H3. The highest BCUT2D eigenvalue weighted by atomic mass is 14.6. The normalized spacial score (nSPS) is 13.0. The smallest absolute Gasteiger partial charge is 0.0323 e. The van der Waals surface area contributed by atoms with E-state index < -0.39 is 0 Å². The van der Waals surface area contributed by atoms with E-state index in [-0.39, 0.29) is 6.04 Å². The van der Waals surface area contributed by atoms with Gasteiger partial charge in [-0.2, -0.15) is 0 Å². The molecule has 0 saturated heterocycles. The van der Waals surface area contributed by atoms with Crippen LogP contribution in [0.1, 0.15) is 63.6 Å². The van der Waals surface area contributed by atoms with Gasteiger partial charge in [-0.3, -0.25) is 0 Å². The monoisotopic (exact) mass is 233 g/mol. The predicted octanol–water partition coefficient (Wildman–Crippen LogP) is 4.47. The molecule has 0 amide bonds. The molecule has 0 aliphatic carbocycles. The average Bonchev–Trinajstić information content (AvgIpc) is 2.38. The Morgan fingerprint density at radius 3 is 2.24 bits per heavy atom. The third-order valence-electron chi connectivity index (χ3n) is 3.57. The van der Waals surface area contributed by atoms with E-state index in [2.05, 4.69) is 45.0 Å².